The van der Waals surface area contributed by atoms with Crippen LogP contribution in [-0.2, 0) is 10.2 Å². The smallest absolute Gasteiger partial charge is 0.233 e. The lowest BCUT2D eigenvalue weighted by Crippen LogP contribution is -2.26. The minimum atomic E-state index is -0.813. The first-order valence-electron chi connectivity index (χ1n) is 7.49. The van der Waals surface area contributed by atoms with E-state index in [9.17, 15) is 4.79 Å². The topological polar surface area (TPSA) is 34.4 Å². The number of pyridine rings is 1. The molecule has 3 nitrogen and oxygen atoms in total. The van der Waals surface area contributed by atoms with Crippen molar-refractivity contribution in [2.45, 2.75) is 19.3 Å². The van der Waals surface area contributed by atoms with Crippen LogP contribution < -0.4 is 0 Å². The zero-order valence-electron chi connectivity index (χ0n) is 12.9. The lowest BCUT2D eigenvalue weighted by atomic mass is 9.91. The minimum absolute atomic E-state index is 0.392. The van der Waals surface area contributed by atoms with E-state index in [0.717, 1.165) is 33.0 Å². The number of hydrogen-bond donors (Lipinski definition) is 0. The second-order valence-corrected chi connectivity index (χ2v) is 6.61. The number of rotatable bonds is 2. The average Bonchev–Trinajstić information content (AvgIpc) is 3.01. The first-order chi connectivity index (χ1) is 11.0. The number of hydrogen-bond acceptors (Lipinski definition) is 2. The summed E-state index contributed by atoms with van der Waals surface area (Å²) in [5.74, 6) is 0. The molecular weight excluding hydrogens is 308 g/mol. The summed E-state index contributed by atoms with van der Waals surface area (Å²) >= 11 is 5.85. The van der Waals surface area contributed by atoms with Crippen molar-refractivity contribution >= 4 is 44.2 Å². The summed E-state index contributed by atoms with van der Waals surface area (Å²) < 4.78 is 2.05. The Kier molecular flexibility index (Phi) is 2.97. The standard InChI is InChI=1S/C19H15ClN2O/c1-19(2,18(20)23)16-11-21-17-14-9-4-3-7-12(14)13-8-5-6-10-15(13)22(16)17/h3-11H,1-2H3. The van der Waals surface area contributed by atoms with E-state index in [1.807, 2.05) is 38.1 Å². The van der Waals surface area contributed by atoms with E-state index in [-0.39, 0.29) is 0 Å². The Hall–Kier alpha value is -2.39. The molecule has 23 heavy (non-hydrogen) atoms. The molecule has 2 aromatic carbocycles. The number of fused-ring (bicyclic) bond motifs is 6. The van der Waals surface area contributed by atoms with E-state index in [2.05, 4.69) is 33.7 Å². The highest BCUT2D eigenvalue weighted by molar-refractivity contribution is 6.65. The molecule has 0 saturated heterocycles. The summed E-state index contributed by atoms with van der Waals surface area (Å²) in [7, 11) is 0. The van der Waals surface area contributed by atoms with Crippen LogP contribution in [0.15, 0.2) is 54.7 Å². The molecule has 0 atom stereocenters. The van der Waals surface area contributed by atoms with Gasteiger partial charge in [0.15, 0.2) is 0 Å². The second-order valence-electron chi connectivity index (χ2n) is 6.26. The van der Waals surface area contributed by atoms with Crippen molar-refractivity contribution in [3.63, 3.8) is 0 Å². The highest BCUT2D eigenvalue weighted by atomic mass is 35.5. The highest BCUT2D eigenvalue weighted by Gasteiger charge is 2.32. The van der Waals surface area contributed by atoms with Crippen LogP contribution in [0, 0.1) is 0 Å². The average molecular weight is 323 g/mol. The van der Waals surface area contributed by atoms with E-state index in [4.69, 9.17) is 11.6 Å². The molecule has 0 aliphatic rings. The largest absolute Gasteiger partial charge is 0.295 e. The third-order valence-electron chi connectivity index (χ3n) is 4.50. The third-order valence-corrected chi connectivity index (χ3v) is 4.97. The fourth-order valence-corrected chi connectivity index (χ4v) is 3.23. The summed E-state index contributed by atoms with van der Waals surface area (Å²) in [6.07, 6.45) is 1.76. The molecule has 0 amide bonds. The van der Waals surface area contributed by atoms with Gasteiger partial charge in [0, 0.05) is 10.8 Å². The van der Waals surface area contributed by atoms with Crippen molar-refractivity contribution < 1.29 is 4.79 Å². The number of imidazole rings is 1. The number of carbonyl (C=O) groups is 1. The fraction of sp³-hybridized carbons (Fsp3) is 0.158. The van der Waals surface area contributed by atoms with Crippen LogP contribution in [0.1, 0.15) is 19.5 Å². The summed E-state index contributed by atoms with van der Waals surface area (Å²) in [6.45, 7) is 3.66. The van der Waals surface area contributed by atoms with Crippen molar-refractivity contribution in [1.29, 1.82) is 0 Å². The molecule has 0 spiro atoms. The molecule has 2 heterocycles. The van der Waals surface area contributed by atoms with E-state index < -0.39 is 10.7 Å². The van der Waals surface area contributed by atoms with Gasteiger partial charge in [-0.15, -0.1) is 0 Å². The van der Waals surface area contributed by atoms with Gasteiger partial charge in [-0.05, 0) is 36.9 Å². The summed E-state index contributed by atoms with van der Waals surface area (Å²) in [5, 5.41) is 2.96. The van der Waals surface area contributed by atoms with Crippen LogP contribution in [-0.4, -0.2) is 14.6 Å². The Morgan fingerprint density at radius 1 is 1.00 bits per heavy atom. The number of para-hydroxylation sites is 1. The fourth-order valence-electron chi connectivity index (χ4n) is 3.14. The first-order valence-corrected chi connectivity index (χ1v) is 7.87. The predicted octanol–water partition coefficient (Wildman–Crippen LogP) is 4.68. The van der Waals surface area contributed by atoms with Crippen molar-refractivity contribution in [2.24, 2.45) is 0 Å². The van der Waals surface area contributed by atoms with Gasteiger partial charge in [0.2, 0.25) is 5.24 Å². The van der Waals surface area contributed by atoms with E-state index in [1.165, 1.54) is 0 Å². The molecule has 0 fully saturated rings. The minimum Gasteiger partial charge on any atom is -0.295 e. The van der Waals surface area contributed by atoms with Gasteiger partial charge in [0.1, 0.15) is 5.65 Å². The molecule has 0 N–H and O–H groups in total. The third kappa shape index (κ3) is 1.90. The van der Waals surface area contributed by atoms with Gasteiger partial charge in [-0.25, -0.2) is 4.98 Å². The maximum absolute atomic E-state index is 11.9. The SMILES string of the molecule is CC(C)(C(=O)Cl)c1cnc2c3ccccc3c3ccccc3n12. The van der Waals surface area contributed by atoms with Crippen LogP contribution in [0.5, 0.6) is 0 Å². The van der Waals surface area contributed by atoms with Crippen molar-refractivity contribution in [3.8, 4) is 0 Å². The molecule has 114 valence electrons. The zero-order chi connectivity index (χ0) is 16.2. The van der Waals surface area contributed by atoms with Gasteiger partial charge in [0.25, 0.3) is 0 Å². The Bertz CT molecular complexity index is 1080. The van der Waals surface area contributed by atoms with Gasteiger partial charge in [-0.2, -0.15) is 0 Å². The van der Waals surface area contributed by atoms with Gasteiger partial charge >= 0.3 is 0 Å². The molecule has 0 unspecified atom stereocenters. The highest BCUT2D eigenvalue weighted by Crippen LogP contribution is 2.34. The van der Waals surface area contributed by atoms with Crippen LogP contribution in [0.3, 0.4) is 0 Å². The molecular formula is C19H15ClN2O. The van der Waals surface area contributed by atoms with E-state index in [0.29, 0.717) is 0 Å². The van der Waals surface area contributed by atoms with Gasteiger partial charge in [-0.1, -0.05) is 42.5 Å². The molecule has 4 heteroatoms. The molecule has 0 aliphatic carbocycles. The molecule has 4 aromatic rings. The normalized spacial score (nSPS) is 12.3. The van der Waals surface area contributed by atoms with Crippen LogP contribution in [0.4, 0.5) is 0 Å². The monoisotopic (exact) mass is 322 g/mol. The number of carbonyl (C=O) groups excluding carboxylic acids is 1. The Labute approximate surface area is 138 Å². The first kappa shape index (κ1) is 14.2. The lowest BCUT2D eigenvalue weighted by Gasteiger charge is -2.20. The number of halogens is 1. The molecule has 0 bridgehead atoms. The van der Waals surface area contributed by atoms with Gasteiger partial charge in [0.05, 0.1) is 22.8 Å². The molecule has 0 radical (unpaired) electrons. The van der Waals surface area contributed by atoms with Crippen molar-refractivity contribution in [1.82, 2.24) is 9.38 Å². The Balaban J connectivity index is 2.29. The maximum Gasteiger partial charge on any atom is 0.233 e. The van der Waals surface area contributed by atoms with E-state index in [1.54, 1.807) is 6.20 Å². The second kappa shape index (κ2) is 4.80. The van der Waals surface area contributed by atoms with Crippen LogP contribution in [0.25, 0.3) is 27.3 Å². The molecule has 0 aliphatic heterocycles. The van der Waals surface area contributed by atoms with Crippen molar-refractivity contribution in [2.75, 3.05) is 0 Å². The molecule has 0 saturated carbocycles. The number of benzene rings is 2. The van der Waals surface area contributed by atoms with Crippen molar-refractivity contribution in [3.05, 3.63) is 60.4 Å². The summed E-state index contributed by atoms with van der Waals surface area (Å²) in [4.78, 5) is 16.5. The Morgan fingerprint density at radius 3 is 2.30 bits per heavy atom. The predicted molar refractivity (Wildman–Crippen MR) is 94.1 cm³/mol. The summed E-state index contributed by atoms with van der Waals surface area (Å²) in [6, 6.07) is 16.4. The summed E-state index contributed by atoms with van der Waals surface area (Å²) in [5.41, 5.74) is 1.86. The van der Waals surface area contributed by atoms with Crippen LogP contribution in [0.2, 0.25) is 0 Å². The Morgan fingerprint density at radius 2 is 1.61 bits per heavy atom. The molecule has 4 rings (SSSR count). The number of aromatic nitrogens is 2. The quantitative estimate of drug-likeness (QED) is 0.396. The maximum atomic E-state index is 11.9. The van der Waals surface area contributed by atoms with Gasteiger partial charge < -0.3 is 0 Å². The lowest BCUT2D eigenvalue weighted by molar-refractivity contribution is -0.115. The van der Waals surface area contributed by atoms with E-state index >= 15 is 0 Å². The molecule has 2 aromatic heterocycles. The number of nitrogens with zero attached hydrogens (tertiary/aromatic N) is 2. The van der Waals surface area contributed by atoms with Crippen LogP contribution >= 0.6 is 11.6 Å². The zero-order valence-corrected chi connectivity index (χ0v) is 13.6. The van der Waals surface area contributed by atoms with Gasteiger partial charge in [-0.3, -0.25) is 9.20 Å².